The van der Waals surface area contributed by atoms with E-state index in [1.54, 1.807) is 0 Å². The van der Waals surface area contributed by atoms with Crippen LogP contribution < -0.4 is 0 Å². The van der Waals surface area contributed by atoms with E-state index >= 15 is 0 Å². The molecule has 10 atom stereocenters. The summed E-state index contributed by atoms with van der Waals surface area (Å²) >= 11 is 0. The van der Waals surface area contributed by atoms with Crippen molar-refractivity contribution in [1.82, 2.24) is 4.90 Å². The lowest BCUT2D eigenvalue weighted by molar-refractivity contribution is -0.183. The number of rotatable bonds is 6. The van der Waals surface area contributed by atoms with Crippen LogP contribution in [0.2, 0.25) is 0 Å². The number of nitrogens with zero attached hydrogens (tertiary/aromatic N) is 1. The highest BCUT2D eigenvalue weighted by molar-refractivity contribution is 5.77. The largest absolute Gasteiger partial charge is 0.393 e. The minimum Gasteiger partial charge on any atom is -0.393 e. The van der Waals surface area contributed by atoms with Crippen molar-refractivity contribution in [3.8, 4) is 0 Å². The van der Waals surface area contributed by atoms with Gasteiger partial charge in [-0.05, 0) is 115 Å². The predicted molar refractivity (Wildman–Crippen MR) is 151 cm³/mol. The maximum Gasteiger partial charge on any atom is 0.223 e. The number of benzene rings is 1. The van der Waals surface area contributed by atoms with Crippen LogP contribution >= 0.6 is 0 Å². The van der Waals surface area contributed by atoms with Crippen LogP contribution in [0.5, 0.6) is 0 Å². The van der Waals surface area contributed by atoms with Crippen LogP contribution in [0.1, 0.15) is 103 Å². The molecule has 0 spiro atoms. The normalized spacial score (nSPS) is 42.7. The summed E-state index contributed by atoms with van der Waals surface area (Å²) in [6.07, 6.45) is 12.7. The third-order valence-corrected chi connectivity index (χ3v) is 13.1. The summed E-state index contributed by atoms with van der Waals surface area (Å²) in [7, 11) is 1.96. The number of hydrogen-bond donors (Lipinski definition) is 1. The van der Waals surface area contributed by atoms with Crippen molar-refractivity contribution < 1.29 is 14.6 Å². The predicted octanol–water partition coefficient (Wildman–Crippen LogP) is 6.98. The quantitative estimate of drug-likeness (QED) is 0.439. The van der Waals surface area contributed by atoms with E-state index in [-0.39, 0.29) is 11.5 Å². The fraction of sp³-hybridized carbons (Fsp3) is 0.794. The van der Waals surface area contributed by atoms with Crippen LogP contribution in [0.25, 0.3) is 0 Å². The number of methoxy groups -OCH3 is 1. The average Bonchev–Trinajstić information content (AvgIpc) is 3.51. The van der Waals surface area contributed by atoms with Crippen molar-refractivity contribution >= 4 is 5.91 Å². The first-order valence-corrected chi connectivity index (χ1v) is 15.8. The number of amides is 1. The van der Waals surface area contributed by atoms with Crippen LogP contribution in [0, 0.1) is 46.3 Å². The smallest absolute Gasteiger partial charge is 0.223 e. The Hall–Kier alpha value is -1.39. The molecular weight excluding hydrogens is 470 g/mol. The standard InChI is InChI=1S/C34H51NO3/c1-5-22(10-15-32(37)35-20-23-8-6-7-9-24(23)21-35)28-13-14-29-27-12-11-25-18-26(36)16-17-33(25,2)30(27)19-31(38-4)34(28,29)3/h6-9,22,25-31,36H,5,10-21H2,1-4H3/t22-,25-,26-,27+,28-,29+,30+,31+,33+,34-/m1/s1. The molecule has 1 N–H and O–H groups in total. The van der Waals surface area contributed by atoms with Gasteiger partial charge in [0, 0.05) is 26.6 Å². The summed E-state index contributed by atoms with van der Waals surface area (Å²) in [6, 6.07) is 8.51. The maximum absolute atomic E-state index is 13.3. The molecule has 4 nitrogen and oxygen atoms in total. The summed E-state index contributed by atoms with van der Waals surface area (Å²) < 4.78 is 6.45. The molecule has 0 radical (unpaired) electrons. The van der Waals surface area contributed by atoms with Gasteiger partial charge in [0.25, 0.3) is 0 Å². The molecule has 38 heavy (non-hydrogen) atoms. The molecule has 0 unspecified atom stereocenters. The van der Waals surface area contributed by atoms with Crippen LogP contribution in [0.15, 0.2) is 24.3 Å². The van der Waals surface area contributed by atoms with Gasteiger partial charge in [0.15, 0.2) is 0 Å². The number of aliphatic hydroxyl groups excluding tert-OH is 1. The minimum absolute atomic E-state index is 0.0877. The third kappa shape index (κ3) is 4.19. The second kappa shape index (κ2) is 10.2. The zero-order valence-electron chi connectivity index (χ0n) is 24.3. The molecular formula is C34H51NO3. The van der Waals surface area contributed by atoms with Crippen molar-refractivity contribution in [2.45, 2.75) is 117 Å². The molecule has 1 aromatic carbocycles. The molecule has 4 heteroatoms. The van der Waals surface area contributed by atoms with Gasteiger partial charge in [0.2, 0.25) is 5.91 Å². The lowest BCUT2D eigenvalue weighted by Gasteiger charge is -2.63. The Morgan fingerprint density at radius 2 is 1.79 bits per heavy atom. The van der Waals surface area contributed by atoms with Gasteiger partial charge in [-0.1, -0.05) is 51.5 Å². The highest BCUT2D eigenvalue weighted by Gasteiger charge is 2.64. The molecule has 1 amide bonds. The molecule has 1 aliphatic heterocycles. The monoisotopic (exact) mass is 521 g/mol. The first-order valence-electron chi connectivity index (χ1n) is 15.8. The van der Waals surface area contributed by atoms with Gasteiger partial charge in [-0.25, -0.2) is 0 Å². The van der Waals surface area contributed by atoms with E-state index in [0.29, 0.717) is 41.6 Å². The SMILES string of the molecule is CC[C@H](CCC(=O)N1Cc2ccccc2C1)[C@H]1CC[C@H]2[C@@H]3CC[C@@H]4C[C@H](O)CC[C@]4(C)[C@H]3C[C@H](OC)[C@]12C. The second-order valence-electron chi connectivity index (χ2n) is 14.3. The Morgan fingerprint density at radius 1 is 1.05 bits per heavy atom. The molecule has 0 aromatic heterocycles. The number of carbonyl (C=O) groups is 1. The maximum atomic E-state index is 13.3. The first-order chi connectivity index (χ1) is 18.3. The second-order valence-corrected chi connectivity index (χ2v) is 14.3. The fourth-order valence-electron chi connectivity index (χ4n) is 11.0. The molecule has 0 saturated heterocycles. The zero-order chi connectivity index (χ0) is 26.7. The molecule has 4 fully saturated rings. The zero-order valence-corrected chi connectivity index (χ0v) is 24.3. The number of ether oxygens (including phenoxy) is 1. The van der Waals surface area contributed by atoms with Crippen molar-refractivity contribution in [2.24, 2.45) is 46.3 Å². The fourth-order valence-corrected chi connectivity index (χ4v) is 11.0. The van der Waals surface area contributed by atoms with Gasteiger partial charge >= 0.3 is 0 Å². The van der Waals surface area contributed by atoms with Crippen molar-refractivity contribution in [3.63, 3.8) is 0 Å². The summed E-state index contributed by atoms with van der Waals surface area (Å²) in [5, 5.41) is 10.4. The topological polar surface area (TPSA) is 49.8 Å². The van der Waals surface area contributed by atoms with Crippen molar-refractivity contribution in [3.05, 3.63) is 35.4 Å². The van der Waals surface area contributed by atoms with Crippen LogP contribution in [-0.4, -0.2) is 35.2 Å². The van der Waals surface area contributed by atoms with Crippen molar-refractivity contribution in [2.75, 3.05) is 7.11 Å². The molecule has 4 aliphatic carbocycles. The Balaban J connectivity index is 1.16. The highest BCUT2D eigenvalue weighted by atomic mass is 16.5. The van der Waals surface area contributed by atoms with Gasteiger partial charge in [0.1, 0.15) is 0 Å². The molecule has 0 bridgehead atoms. The Kier molecular flexibility index (Phi) is 7.21. The first kappa shape index (κ1) is 26.8. The molecule has 1 aromatic rings. The van der Waals surface area contributed by atoms with Gasteiger partial charge in [0.05, 0.1) is 12.2 Å². The van der Waals surface area contributed by atoms with E-state index in [1.807, 2.05) is 7.11 Å². The molecule has 5 aliphatic rings. The van der Waals surface area contributed by atoms with E-state index in [4.69, 9.17) is 4.74 Å². The number of aliphatic hydroxyl groups is 1. The number of fused-ring (bicyclic) bond motifs is 6. The summed E-state index contributed by atoms with van der Waals surface area (Å²) in [4.78, 5) is 15.4. The van der Waals surface area contributed by atoms with E-state index in [2.05, 4.69) is 49.9 Å². The molecule has 4 saturated carbocycles. The summed E-state index contributed by atoms with van der Waals surface area (Å²) in [5.41, 5.74) is 3.20. The molecule has 210 valence electrons. The Bertz CT molecular complexity index is 1000. The van der Waals surface area contributed by atoms with Gasteiger partial charge < -0.3 is 14.7 Å². The number of hydrogen-bond acceptors (Lipinski definition) is 3. The average molecular weight is 522 g/mol. The van der Waals surface area contributed by atoms with E-state index in [9.17, 15) is 9.90 Å². The van der Waals surface area contributed by atoms with Crippen LogP contribution in [0.4, 0.5) is 0 Å². The number of carbonyl (C=O) groups excluding carboxylic acids is 1. The highest BCUT2D eigenvalue weighted by Crippen LogP contribution is 2.69. The Labute approximate surface area is 230 Å². The summed E-state index contributed by atoms with van der Waals surface area (Å²) in [5.74, 6) is 4.51. The lowest BCUT2D eigenvalue weighted by Crippen LogP contribution is -2.59. The Morgan fingerprint density at radius 3 is 2.47 bits per heavy atom. The van der Waals surface area contributed by atoms with E-state index in [0.717, 1.165) is 56.5 Å². The summed E-state index contributed by atoms with van der Waals surface area (Å²) in [6.45, 7) is 9.06. The lowest BCUT2D eigenvalue weighted by atomic mass is 9.43. The third-order valence-electron chi connectivity index (χ3n) is 13.1. The van der Waals surface area contributed by atoms with E-state index < -0.39 is 0 Å². The van der Waals surface area contributed by atoms with Gasteiger partial charge in [-0.15, -0.1) is 0 Å². The van der Waals surface area contributed by atoms with Gasteiger partial charge in [-0.2, -0.15) is 0 Å². The molecule has 6 rings (SSSR count). The molecule has 1 heterocycles. The van der Waals surface area contributed by atoms with Crippen LogP contribution in [0.3, 0.4) is 0 Å². The van der Waals surface area contributed by atoms with Crippen molar-refractivity contribution in [1.29, 1.82) is 0 Å². The minimum atomic E-state index is -0.0877. The van der Waals surface area contributed by atoms with Crippen LogP contribution in [-0.2, 0) is 22.6 Å². The van der Waals surface area contributed by atoms with E-state index in [1.165, 1.54) is 49.7 Å². The van der Waals surface area contributed by atoms with Gasteiger partial charge in [-0.3, -0.25) is 4.79 Å².